The maximum atomic E-state index is 14.4. The van der Waals surface area contributed by atoms with Gasteiger partial charge in [0.25, 0.3) is 0 Å². The van der Waals surface area contributed by atoms with E-state index in [4.69, 9.17) is 9.47 Å². The van der Waals surface area contributed by atoms with Crippen molar-refractivity contribution in [3.63, 3.8) is 0 Å². The highest BCUT2D eigenvalue weighted by molar-refractivity contribution is 5.78. The van der Waals surface area contributed by atoms with Crippen LogP contribution in [0.2, 0.25) is 0 Å². The number of amides is 1. The second kappa shape index (κ2) is 8.88. The third kappa shape index (κ3) is 4.92. The Balaban J connectivity index is 1.38. The fourth-order valence-corrected chi connectivity index (χ4v) is 3.64. The highest BCUT2D eigenvalue weighted by Gasteiger charge is 2.41. The lowest BCUT2D eigenvalue weighted by Crippen LogP contribution is -2.45. The number of morpholine rings is 1. The van der Waals surface area contributed by atoms with Crippen LogP contribution in [0.15, 0.2) is 42.5 Å². The standard InChI is InChI=1S/C22H24F2N2O3/c23-16-10-18(22(19(24)11-16)29-14-15-4-2-1-3-5-15)17-12-20(17)25-13-21(27)26-6-8-28-9-7-26/h1-5,10-11,17,20,25H,6-9,12-14H2/t17-,20+/m0/s1. The third-order valence-corrected chi connectivity index (χ3v) is 5.33. The topological polar surface area (TPSA) is 50.8 Å². The van der Waals surface area contributed by atoms with E-state index in [1.807, 2.05) is 30.3 Å². The number of hydrogen-bond acceptors (Lipinski definition) is 4. The van der Waals surface area contributed by atoms with Gasteiger partial charge < -0.3 is 19.7 Å². The number of nitrogens with one attached hydrogen (secondary N) is 1. The molecule has 0 spiro atoms. The van der Waals surface area contributed by atoms with Crippen LogP contribution in [-0.4, -0.2) is 49.7 Å². The number of nitrogens with zero attached hydrogens (tertiary/aromatic N) is 1. The molecule has 1 saturated heterocycles. The van der Waals surface area contributed by atoms with Crippen LogP contribution in [0.4, 0.5) is 8.78 Å². The lowest BCUT2D eigenvalue weighted by atomic mass is 10.1. The summed E-state index contributed by atoms with van der Waals surface area (Å²) in [7, 11) is 0. The molecule has 2 aromatic carbocycles. The largest absolute Gasteiger partial charge is 0.486 e. The molecule has 0 aromatic heterocycles. The Morgan fingerprint density at radius 1 is 1.17 bits per heavy atom. The SMILES string of the molecule is O=C(CN[C@@H]1C[C@H]1c1cc(F)cc(F)c1OCc1ccccc1)N1CCOCC1. The Kier molecular flexibility index (Phi) is 6.06. The summed E-state index contributed by atoms with van der Waals surface area (Å²) in [6, 6.07) is 11.6. The maximum Gasteiger partial charge on any atom is 0.236 e. The number of carbonyl (C=O) groups excluding carboxylic acids is 1. The fraction of sp³-hybridized carbons (Fsp3) is 0.409. The summed E-state index contributed by atoms with van der Waals surface area (Å²) >= 11 is 0. The van der Waals surface area contributed by atoms with Gasteiger partial charge in [0, 0.05) is 36.7 Å². The van der Waals surface area contributed by atoms with Crippen molar-refractivity contribution < 1.29 is 23.0 Å². The Labute approximate surface area is 168 Å². The molecule has 154 valence electrons. The summed E-state index contributed by atoms with van der Waals surface area (Å²) < 4.78 is 39.3. The molecule has 2 atom stereocenters. The first-order chi connectivity index (χ1) is 14.1. The summed E-state index contributed by atoms with van der Waals surface area (Å²) in [5.74, 6) is -1.30. The minimum absolute atomic E-state index is 0.000246. The predicted octanol–water partition coefficient (Wildman–Crippen LogP) is 2.85. The van der Waals surface area contributed by atoms with E-state index in [1.54, 1.807) is 4.90 Å². The molecule has 0 radical (unpaired) electrons. The average molecular weight is 402 g/mol. The molecule has 7 heteroatoms. The number of rotatable bonds is 7. The number of carbonyl (C=O) groups is 1. The van der Waals surface area contributed by atoms with Gasteiger partial charge in [0.05, 0.1) is 19.8 Å². The molecule has 2 fully saturated rings. The molecule has 1 amide bonds. The van der Waals surface area contributed by atoms with Crippen LogP contribution in [0.1, 0.15) is 23.5 Å². The Hall–Kier alpha value is -2.51. The van der Waals surface area contributed by atoms with E-state index in [0.717, 1.165) is 11.6 Å². The van der Waals surface area contributed by atoms with Crippen molar-refractivity contribution in [3.05, 3.63) is 65.2 Å². The van der Waals surface area contributed by atoms with Crippen LogP contribution < -0.4 is 10.1 Å². The summed E-state index contributed by atoms with van der Waals surface area (Å²) in [5, 5.41) is 3.21. The van der Waals surface area contributed by atoms with E-state index in [0.29, 0.717) is 38.3 Å². The molecule has 2 aliphatic rings. The van der Waals surface area contributed by atoms with E-state index >= 15 is 0 Å². The van der Waals surface area contributed by atoms with Crippen LogP contribution in [0.5, 0.6) is 5.75 Å². The van der Waals surface area contributed by atoms with Gasteiger partial charge in [0.15, 0.2) is 11.6 Å². The van der Waals surface area contributed by atoms with Crippen LogP contribution >= 0.6 is 0 Å². The molecular weight excluding hydrogens is 378 g/mol. The van der Waals surface area contributed by atoms with E-state index in [1.165, 1.54) is 6.07 Å². The van der Waals surface area contributed by atoms with Crippen molar-refractivity contribution in [2.45, 2.75) is 25.0 Å². The third-order valence-electron chi connectivity index (χ3n) is 5.33. The van der Waals surface area contributed by atoms with Crippen LogP contribution in [0, 0.1) is 11.6 Å². The van der Waals surface area contributed by atoms with Gasteiger partial charge in [-0.2, -0.15) is 0 Å². The molecule has 0 unspecified atom stereocenters. The Morgan fingerprint density at radius 3 is 2.69 bits per heavy atom. The molecule has 4 rings (SSSR count). The van der Waals surface area contributed by atoms with E-state index in [-0.39, 0.29) is 36.8 Å². The van der Waals surface area contributed by atoms with Gasteiger partial charge in [-0.15, -0.1) is 0 Å². The van der Waals surface area contributed by atoms with Gasteiger partial charge >= 0.3 is 0 Å². The van der Waals surface area contributed by atoms with Crippen molar-refractivity contribution in [2.75, 3.05) is 32.8 Å². The highest BCUT2D eigenvalue weighted by atomic mass is 19.1. The van der Waals surface area contributed by atoms with Gasteiger partial charge in [-0.3, -0.25) is 4.79 Å². The first-order valence-corrected chi connectivity index (χ1v) is 9.86. The van der Waals surface area contributed by atoms with Crippen molar-refractivity contribution in [1.82, 2.24) is 10.2 Å². The minimum atomic E-state index is -0.703. The van der Waals surface area contributed by atoms with Gasteiger partial charge in [0.2, 0.25) is 5.91 Å². The monoisotopic (exact) mass is 402 g/mol. The molecule has 1 N–H and O–H groups in total. The maximum absolute atomic E-state index is 14.4. The molecule has 1 heterocycles. The first kappa shape index (κ1) is 19.8. The van der Waals surface area contributed by atoms with Crippen molar-refractivity contribution in [3.8, 4) is 5.75 Å². The normalized spacial score (nSPS) is 21.1. The summed E-state index contributed by atoms with van der Waals surface area (Å²) in [6.07, 6.45) is 0.709. The lowest BCUT2D eigenvalue weighted by molar-refractivity contribution is -0.134. The summed E-state index contributed by atoms with van der Waals surface area (Å²) in [5.41, 5.74) is 1.42. The van der Waals surface area contributed by atoms with E-state index < -0.39 is 11.6 Å². The van der Waals surface area contributed by atoms with E-state index in [9.17, 15) is 13.6 Å². The lowest BCUT2D eigenvalue weighted by Gasteiger charge is -2.27. The van der Waals surface area contributed by atoms with E-state index in [2.05, 4.69) is 5.32 Å². The molecule has 2 aromatic rings. The molecule has 1 saturated carbocycles. The number of hydrogen-bond donors (Lipinski definition) is 1. The average Bonchev–Trinajstić information content (AvgIpc) is 3.52. The highest BCUT2D eigenvalue weighted by Crippen LogP contribution is 2.46. The number of ether oxygens (including phenoxy) is 2. The Bertz CT molecular complexity index is 857. The quantitative estimate of drug-likeness (QED) is 0.774. The molecule has 29 heavy (non-hydrogen) atoms. The van der Waals surface area contributed by atoms with Crippen molar-refractivity contribution in [1.29, 1.82) is 0 Å². The van der Waals surface area contributed by atoms with Crippen LogP contribution in [-0.2, 0) is 16.1 Å². The zero-order valence-corrected chi connectivity index (χ0v) is 16.1. The predicted molar refractivity (Wildman–Crippen MR) is 104 cm³/mol. The number of benzene rings is 2. The Morgan fingerprint density at radius 2 is 1.93 bits per heavy atom. The van der Waals surface area contributed by atoms with Crippen molar-refractivity contribution >= 4 is 5.91 Å². The summed E-state index contributed by atoms with van der Waals surface area (Å²) in [4.78, 5) is 14.0. The fourth-order valence-electron chi connectivity index (χ4n) is 3.64. The van der Waals surface area contributed by atoms with Gasteiger partial charge in [-0.1, -0.05) is 30.3 Å². The zero-order chi connectivity index (χ0) is 20.2. The molecular formula is C22H24F2N2O3. The molecule has 1 aliphatic heterocycles. The van der Waals surface area contributed by atoms with Gasteiger partial charge in [0.1, 0.15) is 12.4 Å². The second-order valence-corrected chi connectivity index (χ2v) is 7.40. The second-order valence-electron chi connectivity index (χ2n) is 7.40. The smallest absolute Gasteiger partial charge is 0.236 e. The molecule has 0 bridgehead atoms. The minimum Gasteiger partial charge on any atom is -0.486 e. The molecule has 5 nitrogen and oxygen atoms in total. The summed E-state index contributed by atoms with van der Waals surface area (Å²) in [6.45, 7) is 2.73. The van der Waals surface area contributed by atoms with Crippen molar-refractivity contribution in [2.24, 2.45) is 0 Å². The van der Waals surface area contributed by atoms with Gasteiger partial charge in [-0.25, -0.2) is 8.78 Å². The van der Waals surface area contributed by atoms with Gasteiger partial charge in [-0.05, 0) is 18.1 Å². The zero-order valence-electron chi connectivity index (χ0n) is 16.1. The first-order valence-electron chi connectivity index (χ1n) is 9.86. The van der Waals surface area contributed by atoms with Crippen LogP contribution in [0.25, 0.3) is 0 Å². The van der Waals surface area contributed by atoms with Crippen LogP contribution in [0.3, 0.4) is 0 Å². The molecule has 1 aliphatic carbocycles. The number of halogens is 2.